The molecule has 142 valence electrons. The maximum absolute atomic E-state index is 5.92. The normalized spacial score (nSPS) is 12.5. The quantitative estimate of drug-likeness (QED) is 0.126. The Balaban J connectivity index is 1.95. The minimum absolute atomic E-state index is 0.121. The van der Waals surface area contributed by atoms with E-state index in [0.29, 0.717) is 11.7 Å². The van der Waals surface area contributed by atoms with Gasteiger partial charge in [0.25, 0.3) is 0 Å². The van der Waals surface area contributed by atoms with E-state index in [9.17, 15) is 0 Å². The number of rotatable bonds is 3. The summed E-state index contributed by atoms with van der Waals surface area (Å²) in [4.78, 5) is 13.4. The third-order valence-electron chi connectivity index (χ3n) is 4.89. The minimum Gasteiger partial charge on any atom is -0.250 e. The van der Waals surface area contributed by atoms with Crippen LogP contribution in [0.4, 0.5) is 0 Å². The van der Waals surface area contributed by atoms with Gasteiger partial charge in [-0.3, -0.25) is 0 Å². The van der Waals surface area contributed by atoms with Crippen molar-refractivity contribution in [2.24, 2.45) is 15.0 Å². The second-order valence-corrected chi connectivity index (χ2v) is 6.99. The Bertz CT molecular complexity index is 1250. The standard InChI is InChI=1S/C25H20ClN3/c1-17-11-13-18(14-12-17)24(28-16-26)29-25(27-2)23-15-19-7-3-4-8-20(19)21-9-5-6-10-22(21)23/h3-15H,2,16H2,1H3. The van der Waals surface area contributed by atoms with Crippen LogP contribution in [0.5, 0.6) is 0 Å². The van der Waals surface area contributed by atoms with Crippen LogP contribution in [0.15, 0.2) is 93.8 Å². The zero-order chi connectivity index (χ0) is 20.2. The summed E-state index contributed by atoms with van der Waals surface area (Å²) in [5.74, 6) is 1.07. The first-order chi connectivity index (χ1) is 14.2. The molecule has 0 aromatic heterocycles. The van der Waals surface area contributed by atoms with E-state index in [1.807, 2.05) is 49.4 Å². The van der Waals surface area contributed by atoms with E-state index >= 15 is 0 Å². The molecule has 0 amide bonds. The van der Waals surface area contributed by atoms with Crippen LogP contribution in [0.1, 0.15) is 16.7 Å². The molecule has 0 fully saturated rings. The molecule has 4 aromatic carbocycles. The topological polar surface area (TPSA) is 37.1 Å². The first-order valence-electron chi connectivity index (χ1n) is 9.35. The molecular weight excluding hydrogens is 378 g/mol. The molecule has 0 atom stereocenters. The number of benzene rings is 4. The highest BCUT2D eigenvalue weighted by Crippen LogP contribution is 2.29. The van der Waals surface area contributed by atoms with Gasteiger partial charge in [-0.05, 0) is 41.3 Å². The lowest BCUT2D eigenvalue weighted by Gasteiger charge is -2.11. The van der Waals surface area contributed by atoms with Gasteiger partial charge in [0.1, 0.15) is 6.00 Å². The van der Waals surface area contributed by atoms with Crippen LogP contribution in [0, 0.1) is 6.92 Å². The molecule has 0 N–H and O–H groups in total. The van der Waals surface area contributed by atoms with Crippen LogP contribution in [-0.4, -0.2) is 24.4 Å². The number of nitrogens with zero attached hydrogens (tertiary/aromatic N) is 3. The van der Waals surface area contributed by atoms with Crippen LogP contribution in [0.3, 0.4) is 0 Å². The number of aryl methyl sites for hydroxylation is 1. The van der Waals surface area contributed by atoms with Gasteiger partial charge in [0, 0.05) is 11.1 Å². The van der Waals surface area contributed by atoms with Crippen molar-refractivity contribution in [2.45, 2.75) is 6.92 Å². The summed E-state index contributed by atoms with van der Waals surface area (Å²) in [5, 5.41) is 4.56. The average molecular weight is 398 g/mol. The van der Waals surface area contributed by atoms with Gasteiger partial charge in [0.2, 0.25) is 0 Å². The molecule has 0 heterocycles. The van der Waals surface area contributed by atoms with Gasteiger partial charge in [0.15, 0.2) is 11.7 Å². The van der Waals surface area contributed by atoms with Crippen LogP contribution in [0.25, 0.3) is 21.5 Å². The second-order valence-electron chi connectivity index (χ2n) is 6.75. The maximum atomic E-state index is 5.92. The maximum Gasteiger partial charge on any atom is 0.161 e. The van der Waals surface area contributed by atoms with Crippen LogP contribution in [-0.2, 0) is 0 Å². The number of halogens is 1. The molecule has 0 aliphatic heterocycles. The number of hydrogen-bond acceptors (Lipinski definition) is 1. The van der Waals surface area contributed by atoms with Crippen molar-refractivity contribution in [3.63, 3.8) is 0 Å². The zero-order valence-corrected chi connectivity index (χ0v) is 16.9. The first-order valence-corrected chi connectivity index (χ1v) is 9.88. The second kappa shape index (κ2) is 8.38. The molecule has 4 rings (SSSR count). The summed E-state index contributed by atoms with van der Waals surface area (Å²) in [5.41, 5.74) is 2.98. The Morgan fingerprint density at radius 1 is 0.828 bits per heavy atom. The molecule has 4 heteroatoms. The van der Waals surface area contributed by atoms with Gasteiger partial charge in [-0.15, -0.1) is 11.6 Å². The lowest BCUT2D eigenvalue weighted by atomic mass is 9.96. The zero-order valence-electron chi connectivity index (χ0n) is 16.1. The third kappa shape index (κ3) is 3.82. The van der Waals surface area contributed by atoms with Crippen molar-refractivity contribution in [3.05, 3.63) is 95.6 Å². The lowest BCUT2D eigenvalue weighted by molar-refractivity contribution is 1.32. The average Bonchev–Trinajstić information content (AvgIpc) is 2.77. The molecule has 0 bridgehead atoms. The summed E-state index contributed by atoms with van der Waals surface area (Å²) in [6.07, 6.45) is 0. The molecule has 0 unspecified atom stereocenters. The fourth-order valence-electron chi connectivity index (χ4n) is 3.47. The fraction of sp³-hybridized carbons (Fsp3) is 0.0800. The van der Waals surface area contributed by atoms with Gasteiger partial charge >= 0.3 is 0 Å². The number of amidine groups is 2. The Kier molecular flexibility index (Phi) is 5.50. The molecule has 0 saturated heterocycles. The predicted molar refractivity (Wildman–Crippen MR) is 126 cm³/mol. The van der Waals surface area contributed by atoms with E-state index in [-0.39, 0.29) is 6.00 Å². The van der Waals surface area contributed by atoms with Crippen molar-refractivity contribution < 1.29 is 0 Å². The predicted octanol–water partition coefficient (Wildman–Crippen LogP) is 6.39. The van der Waals surface area contributed by atoms with E-state index in [2.05, 4.69) is 53.1 Å². The van der Waals surface area contributed by atoms with Crippen molar-refractivity contribution in [2.75, 3.05) is 6.00 Å². The number of alkyl halides is 1. The van der Waals surface area contributed by atoms with E-state index in [1.54, 1.807) is 0 Å². The highest BCUT2D eigenvalue weighted by atomic mass is 35.5. The Labute approximate surface area is 175 Å². The Hall–Kier alpha value is -3.30. The summed E-state index contributed by atoms with van der Waals surface area (Å²) >= 11 is 5.92. The SMILES string of the molecule is C=NC(=NC(=NCCl)c1ccc(C)cc1)c1cc2ccccc2c2ccccc12. The summed E-state index contributed by atoms with van der Waals surface area (Å²) in [6, 6.07) is 26.9. The van der Waals surface area contributed by atoms with Crippen molar-refractivity contribution in [3.8, 4) is 0 Å². The lowest BCUT2D eigenvalue weighted by Crippen LogP contribution is -2.06. The van der Waals surface area contributed by atoms with Gasteiger partial charge in [-0.25, -0.2) is 15.0 Å². The van der Waals surface area contributed by atoms with Crippen molar-refractivity contribution in [1.29, 1.82) is 0 Å². The molecule has 29 heavy (non-hydrogen) atoms. The largest absolute Gasteiger partial charge is 0.250 e. The van der Waals surface area contributed by atoms with E-state index in [4.69, 9.17) is 16.6 Å². The summed E-state index contributed by atoms with van der Waals surface area (Å²) < 4.78 is 0. The summed E-state index contributed by atoms with van der Waals surface area (Å²) in [7, 11) is 0. The first kappa shape index (κ1) is 19.0. The van der Waals surface area contributed by atoms with E-state index < -0.39 is 0 Å². The molecule has 3 nitrogen and oxygen atoms in total. The van der Waals surface area contributed by atoms with E-state index in [0.717, 1.165) is 27.3 Å². The molecule has 0 saturated carbocycles. The molecule has 0 spiro atoms. The molecule has 0 aliphatic rings. The summed E-state index contributed by atoms with van der Waals surface area (Å²) in [6.45, 7) is 5.82. The third-order valence-corrected chi connectivity index (χ3v) is 5.01. The van der Waals surface area contributed by atoms with Crippen molar-refractivity contribution in [1.82, 2.24) is 0 Å². The fourth-order valence-corrected chi connectivity index (χ4v) is 3.58. The monoisotopic (exact) mass is 397 g/mol. The smallest absolute Gasteiger partial charge is 0.161 e. The minimum atomic E-state index is 0.121. The van der Waals surface area contributed by atoms with E-state index in [1.165, 1.54) is 10.9 Å². The van der Waals surface area contributed by atoms with Crippen LogP contribution < -0.4 is 0 Å². The number of fused-ring (bicyclic) bond motifs is 3. The van der Waals surface area contributed by atoms with Gasteiger partial charge in [-0.2, -0.15) is 0 Å². The molecule has 4 aromatic rings. The Morgan fingerprint density at radius 2 is 1.48 bits per heavy atom. The highest BCUT2D eigenvalue weighted by Gasteiger charge is 2.12. The Morgan fingerprint density at radius 3 is 2.17 bits per heavy atom. The number of aliphatic imine (C=N–C) groups is 3. The molecule has 0 radical (unpaired) electrons. The van der Waals surface area contributed by atoms with Crippen LogP contribution in [0.2, 0.25) is 0 Å². The van der Waals surface area contributed by atoms with Gasteiger partial charge in [0.05, 0.1) is 0 Å². The van der Waals surface area contributed by atoms with Crippen LogP contribution >= 0.6 is 11.6 Å². The number of hydrogen-bond donors (Lipinski definition) is 0. The van der Waals surface area contributed by atoms with Crippen molar-refractivity contribution >= 4 is 51.5 Å². The molecular formula is C25H20ClN3. The molecule has 0 aliphatic carbocycles. The van der Waals surface area contributed by atoms with Gasteiger partial charge < -0.3 is 0 Å². The van der Waals surface area contributed by atoms with Gasteiger partial charge in [-0.1, -0.05) is 78.4 Å². The highest BCUT2D eigenvalue weighted by molar-refractivity contribution is 6.23.